The van der Waals surface area contributed by atoms with Crippen LogP contribution in [0.3, 0.4) is 0 Å². The molecule has 0 spiro atoms. The third-order valence-corrected chi connectivity index (χ3v) is 3.33. The van der Waals surface area contributed by atoms with E-state index in [9.17, 15) is 4.79 Å². The van der Waals surface area contributed by atoms with Gasteiger partial charge in [-0.2, -0.15) is 0 Å². The van der Waals surface area contributed by atoms with Gasteiger partial charge in [-0.15, -0.1) is 0 Å². The smallest absolute Gasteiger partial charge is 0.248 e. The number of rotatable bonds is 3. The molecule has 100 valence electrons. The predicted octanol–water partition coefficient (Wildman–Crippen LogP) is 2.74. The highest BCUT2D eigenvalue weighted by atomic mass is 16.5. The lowest BCUT2D eigenvalue weighted by Gasteiger charge is -2.07. The van der Waals surface area contributed by atoms with Crippen LogP contribution in [-0.4, -0.2) is 17.6 Å². The van der Waals surface area contributed by atoms with Gasteiger partial charge in [0.05, 0.1) is 12.6 Å². The normalized spacial score (nSPS) is 10.7. The highest BCUT2D eigenvalue weighted by molar-refractivity contribution is 5.93. The summed E-state index contributed by atoms with van der Waals surface area (Å²) in [6.45, 7) is 0. The van der Waals surface area contributed by atoms with Gasteiger partial charge >= 0.3 is 0 Å². The highest BCUT2D eigenvalue weighted by Gasteiger charge is 2.05. The molecule has 0 aliphatic heterocycles. The molecule has 2 aromatic carbocycles. The summed E-state index contributed by atoms with van der Waals surface area (Å²) in [7, 11) is 1.65. The Kier molecular flexibility index (Phi) is 2.91. The van der Waals surface area contributed by atoms with E-state index >= 15 is 0 Å². The number of methoxy groups -OCH3 is 1. The summed E-state index contributed by atoms with van der Waals surface area (Å²) in [6, 6.07) is 15.2. The number of hydrogen-bond acceptors (Lipinski definition) is 2. The fourth-order valence-electron chi connectivity index (χ4n) is 2.26. The minimum Gasteiger partial charge on any atom is -0.497 e. The van der Waals surface area contributed by atoms with Crippen LogP contribution in [0.15, 0.2) is 54.7 Å². The van der Waals surface area contributed by atoms with E-state index in [0.717, 1.165) is 22.3 Å². The molecule has 1 heterocycles. The summed E-state index contributed by atoms with van der Waals surface area (Å²) < 4.78 is 7.27. The zero-order chi connectivity index (χ0) is 14.1. The average Bonchev–Trinajstić information content (AvgIpc) is 2.90. The molecule has 1 amide bonds. The Balaban J connectivity index is 2.07. The van der Waals surface area contributed by atoms with Gasteiger partial charge in [0.15, 0.2) is 0 Å². The number of fused-ring (bicyclic) bond motifs is 1. The second-order valence-electron chi connectivity index (χ2n) is 4.52. The van der Waals surface area contributed by atoms with Crippen molar-refractivity contribution >= 4 is 16.8 Å². The summed E-state index contributed by atoms with van der Waals surface area (Å²) >= 11 is 0. The van der Waals surface area contributed by atoms with Crippen LogP contribution in [0.25, 0.3) is 16.6 Å². The summed E-state index contributed by atoms with van der Waals surface area (Å²) in [5.74, 6) is 0.415. The summed E-state index contributed by atoms with van der Waals surface area (Å²) in [6.07, 6.45) is 1.99. The SMILES string of the molecule is COc1ccc2c(ccn2-c2ccc(C(N)=O)cc2)c1. The molecule has 0 atom stereocenters. The largest absolute Gasteiger partial charge is 0.497 e. The lowest BCUT2D eigenvalue weighted by molar-refractivity contribution is 0.100. The van der Waals surface area contributed by atoms with Gasteiger partial charge in [0.1, 0.15) is 5.75 Å². The molecular weight excluding hydrogens is 252 g/mol. The average molecular weight is 266 g/mol. The van der Waals surface area contributed by atoms with E-state index < -0.39 is 5.91 Å². The molecule has 4 nitrogen and oxygen atoms in total. The van der Waals surface area contributed by atoms with Crippen molar-refractivity contribution in [3.05, 3.63) is 60.3 Å². The van der Waals surface area contributed by atoms with Gasteiger partial charge in [-0.3, -0.25) is 4.79 Å². The van der Waals surface area contributed by atoms with Crippen molar-refractivity contribution in [2.45, 2.75) is 0 Å². The van der Waals surface area contributed by atoms with Gasteiger partial charge in [0.25, 0.3) is 0 Å². The number of carbonyl (C=O) groups is 1. The number of carbonyl (C=O) groups excluding carboxylic acids is 1. The lowest BCUT2D eigenvalue weighted by Crippen LogP contribution is -2.10. The van der Waals surface area contributed by atoms with Crippen molar-refractivity contribution in [2.24, 2.45) is 5.73 Å². The molecule has 0 saturated heterocycles. The standard InChI is InChI=1S/C16H14N2O2/c1-20-14-6-7-15-12(10-14)8-9-18(15)13-4-2-11(3-5-13)16(17)19/h2-10H,1H3,(H2,17,19). The maximum Gasteiger partial charge on any atom is 0.248 e. The lowest BCUT2D eigenvalue weighted by atomic mass is 10.2. The number of benzene rings is 2. The quantitative estimate of drug-likeness (QED) is 0.792. The number of primary amides is 1. The molecule has 3 aromatic rings. The predicted molar refractivity (Wildman–Crippen MR) is 78.3 cm³/mol. The van der Waals surface area contributed by atoms with Crippen molar-refractivity contribution in [3.8, 4) is 11.4 Å². The third-order valence-electron chi connectivity index (χ3n) is 3.33. The van der Waals surface area contributed by atoms with Crippen molar-refractivity contribution in [1.82, 2.24) is 4.57 Å². The van der Waals surface area contributed by atoms with E-state index in [2.05, 4.69) is 4.57 Å². The van der Waals surface area contributed by atoms with Crippen molar-refractivity contribution < 1.29 is 9.53 Å². The first-order chi connectivity index (χ1) is 9.69. The zero-order valence-corrected chi connectivity index (χ0v) is 11.0. The zero-order valence-electron chi connectivity index (χ0n) is 11.0. The summed E-state index contributed by atoms with van der Waals surface area (Å²) in [4.78, 5) is 11.1. The van der Waals surface area contributed by atoms with E-state index in [4.69, 9.17) is 10.5 Å². The van der Waals surface area contributed by atoms with Crippen LogP contribution in [0.2, 0.25) is 0 Å². The van der Waals surface area contributed by atoms with Gasteiger partial charge in [-0.05, 0) is 48.5 Å². The first kappa shape index (κ1) is 12.3. The maximum absolute atomic E-state index is 11.1. The topological polar surface area (TPSA) is 57.2 Å². The van der Waals surface area contributed by atoms with Crippen molar-refractivity contribution in [1.29, 1.82) is 0 Å². The number of ether oxygens (including phenoxy) is 1. The number of amides is 1. The number of hydrogen-bond donors (Lipinski definition) is 1. The maximum atomic E-state index is 11.1. The van der Waals surface area contributed by atoms with Crippen LogP contribution in [0.1, 0.15) is 10.4 Å². The number of aromatic nitrogens is 1. The molecule has 4 heteroatoms. The first-order valence-electron chi connectivity index (χ1n) is 6.24. The summed E-state index contributed by atoms with van der Waals surface area (Å²) in [5.41, 5.74) is 7.81. The van der Waals surface area contributed by atoms with Crippen LogP contribution >= 0.6 is 0 Å². The van der Waals surface area contributed by atoms with E-state index in [1.165, 1.54) is 0 Å². The van der Waals surface area contributed by atoms with E-state index in [1.807, 2.05) is 42.6 Å². The molecule has 0 saturated carbocycles. The van der Waals surface area contributed by atoms with Crippen molar-refractivity contribution in [3.63, 3.8) is 0 Å². The Labute approximate surface area is 116 Å². The Bertz CT molecular complexity index is 773. The number of nitrogens with two attached hydrogens (primary N) is 1. The Morgan fingerprint density at radius 2 is 1.85 bits per heavy atom. The van der Waals surface area contributed by atoms with Gasteiger partial charge < -0.3 is 15.0 Å². The van der Waals surface area contributed by atoms with Gasteiger partial charge in [0, 0.05) is 22.8 Å². The minimum absolute atomic E-state index is 0.418. The van der Waals surface area contributed by atoms with Crippen LogP contribution < -0.4 is 10.5 Å². The summed E-state index contributed by atoms with van der Waals surface area (Å²) in [5, 5.41) is 1.10. The Morgan fingerprint density at radius 3 is 2.50 bits per heavy atom. The fraction of sp³-hybridized carbons (Fsp3) is 0.0625. The van der Waals surface area contributed by atoms with Crippen LogP contribution in [0.4, 0.5) is 0 Å². The molecule has 0 unspecified atom stereocenters. The minimum atomic E-state index is -0.418. The molecule has 1 aromatic heterocycles. The van der Waals surface area contributed by atoms with Gasteiger partial charge in [-0.1, -0.05) is 0 Å². The molecule has 0 aliphatic carbocycles. The molecule has 2 N–H and O–H groups in total. The first-order valence-corrected chi connectivity index (χ1v) is 6.24. The second kappa shape index (κ2) is 4.74. The van der Waals surface area contributed by atoms with Crippen LogP contribution in [0.5, 0.6) is 5.75 Å². The molecular formula is C16H14N2O2. The Morgan fingerprint density at radius 1 is 1.10 bits per heavy atom. The van der Waals surface area contributed by atoms with Crippen molar-refractivity contribution in [2.75, 3.05) is 7.11 Å². The molecule has 3 rings (SSSR count). The van der Waals surface area contributed by atoms with Gasteiger partial charge in [-0.25, -0.2) is 0 Å². The van der Waals surface area contributed by atoms with E-state index in [-0.39, 0.29) is 0 Å². The monoisotopic (exact) mass is 266 g/mol. The molecule has 0 radical (unpaired) electrons. The van der Waals surface area contributed by atoms with E-state index in [0.29, 0.717) is 5.56 Å². The molecule has 0 aliphatic rings. The molecule has 0 fully saturated rings. The number of nitrogens with zero attached hydrogens (tertiary/aromatic N) is 1. The molecule has 0 bridgehead atoms. The van der Waals surface area contributed by atoms with Crippen LogP contribution in [0, 0.1) is 0 Å². The second-order valence-corrected chi connectivity index (χ2v) is 4.52. The van der Waals surface area contributed by atoms with Gasteiger partial charge in [0.2, 0.25) is 5.91 Å². The molecule has 20 heavy (non-hydrogen) atoms. The third kappa shape index (κ3) is 2.01. The van der Waals surface area contributed by atoms with Crippen LogP contribution in [-0.2, 0) is 0 Å². The highest BCUT2D eigenvalue weighted by Crippen LogP contribution is 2.24. The fourth-order valence-corrected chi connectivity index (χ4v) is 2.26. The Hall–Kier alpha value is -2.75. The van der Waals surface area contributed by atoms with E-state index in [1.54, 1.807) is 19.2 Å².